The van der Waals surface area contributed by atoms with Gasteiger partial charge in [0.1, 0.15) is 11.6 Å². The van der Waals surface area contributed by atoms with Crippen molar-refractivity contribution in [3.63, 3.8) is 0 Å². The summed E-state index contributed by atoms with van der Waals surface area (Å²) in [6, 6.07) is 8.33. The summed E-state index contributed by atoms with van der Waals surface area (Å²) < 4.78 is 5.55. The van der Waals surface area contributed by atoms with E-state index in [1.165, 1.54) is 5.56 Å². The molecular weight excluding hydrogens is 250 g/mol. The van der Waals surface area contributed by atoms with Crippen molar-refractivity contribution < 1.29 is 4.74 Å². The smallest absolute Gasteiger partial charge is 0.143 e. The van der Waals surface area contributed by atoms with E-state index < -0.39 is 0 Å². The highest BCUT2D eigenvalue weighted by atomic mass is 16.5. The summed E-state index contributed by atoms with van der Waals surface area (Å²) in [6.45, 7) is 6.50. The second-order valence-corrected chi connectivity index (χ2v) is 5.01. The van der Waals surface area contributed by atoms with Crippen LogP contribution in [0.15, 0.2) is 24.3 Å². The molecule has 3 rings (SSSR count). The third-order valence-electron chi connectivity index (χ3n) is 3.42. The Labute approximate surface area is 119 Å². The van der Waals surface area contributed by atoms with Gasteiger partial charge in [0.25, 0.3) is 0 Å². The predicted molar refractivity (Wildman–Crippen MR) is 78.8 cm³/mol. The van der Waals surface area contributed by atoms with E-state index in [1.54, 1.807) is 0 Å². The van der Waals surface area contributed by atoms with Gasteiger partial charge >= 0.3 is 0 Å². The maximum atomic E-state index is 5.55. The summed E-state index contributed by atoms with van der Waals surface area (Å²) in [5.41, 5.74) is 4.39. The van der Waals surface area contributed by atoms with Crippen molar-refractivity contribution in [2.45, 2.75) is 26.8 Å². The molecule has 0 bridgehead atoms. The topological polar surface area (TPSA) is 47.0 Å². The van der Waals surface area contributed by atoms with Crippen LogP contribution in [-0.4, -0.2) is 23.1 Å². The summed E-state index contributed by atoms with van der Waals surface area (Å²) in [5, 5.41) is 3.27. The Morgan fingerprint density at radius 3 is 3.00 bits per heavy atom. The van der Waals surface area contributed by atoms with Crippen molar-refractivity contribution in [3.8, 4) is 17.0 Å². The number of ether oxygens (including phenoxy) is 1. The van der Waals surface area contributed by atoms with Crippen LogP contribution in [-0.2, 0) is 13.0 Å². The minimum atomic E-state index is 0.708. The van der Waals surface area contributed by atoms with Crippen molar-refractivity contribution in [1.29, 1.82) is 0 Å². The average molecular weight is 269 g/mol. The minimum Gasteiger partial charge on any atom is -0.493 e. The Hall–Kier alpha value is -1.94. The number of hydrogen-bond acceptors (Lipinski definition) is 4. The number of aromatic nitrogens is 2. The highest BCUT2D eigenvalue weighted by Crippen LogP contribution is 2.29. The van der Waals surface area contributed by atoms with Crippen LogP contribution in [0, 0.1) is 6.92 Å². The monoisotopic (exact) mass is 269 g/mol. The lowest BCUT2D eigenvalue weighted by Gasteiger charge is -2.08. The average Bonchev–Trinajstić information content (AvgIpc) is 2.92. The van der Waals surface area contributed by atoms with Crippen molar-refractivity contribution in [3.05, 3.63) is 41.3 Å². The fourth-order valence-electron chi connectivity index (χ4n) is 2.44. The molecule has 0 fully saturated rings. The van der Waals surface area contributed by atoms with Crippen LogP contribution in [0.5, 0.6) is 5.75 Å². The third-order valence-corrected chi connectivity index (χ3v) is 3.42. The molecule has 2 aromatic rings. The second-order valence-electron chi connectivity index (χ2n) is 5.01. The zero-order valence-electron chi connectivity index (χ0n) is 11.9. The molecule has 1 aliphatic rings. The molecule has 0 saturated carbocycles. The van der Waals surface area contributed by atoms with E-state index in [2.05, 4.69) is 34.3 Å². The fraction of sp³-hybridized carbons (Fsp3) is 0.375. The lowest BCUT2D eigenvalue weighted by molar-refractivity contribution is 0.357. The molecule has 0 spiro atoms. The predicted octanol–water partition coefficient (Wildman–Crippen LogP) is 2.50. The van der Waals surface area contributed by atoms with Crippen molar-refractivity contribution in [2.24, 2.45) is 0 Å². The lowest BCUT2D eigenvalue weighted by atomic mass is 10.1. The number of benzene rings is 1. The molecule has 0 aliphatic carbocycles. The number of nitrogens with one attached hydrogen (secondary N) is 1. The van der Waals surface area contributed by atoms with Crippen molar-refractivity contribution >= 4 is 0 Å². The number of aryl methyl sites for hydroxylation is 1. The molecule has 0 unspecified atom stereocenters. The number of fused-ring (bicyclic) bond motifs is 1. The Bertz CT molecular complexity index is 625. The van der Waals surface area contributed by atoms with E-state index in [0.717, 1.165) is 48.1 Å². The molecule has 2 heterocycles. The zero-order valence-corrected chi connectivity index (χ0v) is 11.9. The second kappa shape index (κ2) is 5.59. The Balaban J connectivity index is 1.94. The molecule has 0 atom stereocenters. The largest absolute Gasteiger partial charge is 0.493 e. The molecule has 0 saturated heterocycles. The number of rotatable bonds is 4. The summed E-state index contributed by atoms with van der Waals surface area (Å²) in [6.07, 6.45) is 0.984. The zero-order chi connectivity index (χ0) is 13.9. The summed E-state index contributed by atoms with van der Waals surface area (Å²) in [7, 11) is 0. The Kier molecular flexibility index (Phi) is 3.65. The van der Waals surface area contributed by atoms with Crippen LogP contribution in [0.4, 0.5) is 0 Å². The number of nitrogens with zero attached hydrogens (tertiary/aromatic N) is 2. The van der Waals surface area contributed by atoms with Gasteiger partial charge in [-0.25, -0.2) is 9.97 Å². The van der Waals surface area contributed by atoms with Gasteiger partial charge in [-0.15, -0.1) is 0 Å². The third kappa shape index (κ3) is 2.65. The summed E-state index contributed by atoms with van der Waals surface area (Å²) >= 11 is 0. The molecular formula is C16H19N3O. The molecule has 4 heteroatoms. The van der Waals surface area contributed by atoms with Gasteiger partial charge < -0.3 is 10.1 Å². The maximum absolute atomic E-state index is 5.55. The Morgan fingerprint density at radius 1 is 1.25 bits per heavy atom. The Morgan fingerprint density at radius 2 is 2.15 bits per heavy atom. The van der Waals surface area contributed by atoms with E-state index in [9.17, 15) is 0 Å². The van der Waals surface area contributed by atoms with E-state index in [4.69, 9.17) is 4.74 Å². The molecule has 1 aromatic heterocycles. The number of hydrogen-bond donors (Lipinski definition) is 1. The van der Waals surface area contributed by atoms with Crippen molar-refractivity contribution in [1.82, 2.24) is 15.3 Å². The van der Waals surface area contributed by atoms with Gasteiger partial charge in [0.15, 0.2) is 0 Å². The van der Waals surface area contributed by atoms with Crippen LogP contribution in [0.25, 0.3) is 11.3 Å². The van der Waals surface area contributed by atoms with E-state index in [-0.39, 0.29) is 0 Å². The normalized spacial score (nSPS) is 13.1. The lowest BCUT2D eigenvalue weighted by Crippen LogP contribution is -2.15. The highest BCUT2D eigenvalue weighted by Gasteiger charge is 2.13. The first-order chi connectivity index (χ1) is 9.76. The van der Waals surface area contributed by atoms with Crippen LogP contribution in [0.2, 0.25) is 0 Å². The van der Waals surface area contributed by atoms with Gasteiger partial charge in [-0.1, -0.05) is 6.92 Å². The molecule has 0 amide bonds. The highest BCUT2D eigenvalue weighted by molar-refractivity contribution is 5.63. The molecule has 1 aliphatic heterocycles. The van der Waals surface area contributed by atoms with Gasteiger partial charge in [0, 0.05) is 17.7 Å². The SMILES string of the molecule is CCNCc1nc(C)cc(-c2ccc3c(c2)CCO3)n1. The standard InChI is InChI=1S/C16H19N3O/c1-3-17-10-16-18-11(2)8-14(19-16)12-4-5-15-13(9-12)6-7-20-15/h4-5,8-9,17H,3,6-7,10H2,1-2H3. The van der Waals surface area contributed by atoms with Gasteiger partial charge in [-0.3, -0.25) is 0 Å². The molecule has 4 nitrogen and oxygen atoms in total. The quantitative estimate of drug-likeness (QED) is 0.926. The van der Waals surface area contributed by atoms with Crippen LogP contribution in [0.3, 0.4) is 0 Å². The maximum Gasteiger partial charge on any atom is 0.143 e. The first-order valence-electron chi connectivity index (χ1n) is 7.07. The van der Waals surface area contributed by atoms with E-state index in [0.29, 0.717) is 6.54 Å². The molecule has 20 heavy (non-hydrogen) atoms. The molecule has 0 radical (unpaired) electrons. The van der Waals surface area contributed by atoms with Crippen LogP contribution >= 0.6 is 0 Å². The van der Waals surface area contributed by atoms with Gasteiger partial charge in [-0.2, -0.15) is 0 Å². The van der Waals surface area contributed by atoms with Gasteiger partial charge in [-0.05, 0) is 43.3 Å². The minimum absolute atomic E-state index is 0.708. The fourth-order valence-corrected chi connectivity index (χ4v) is 2.44. The van der Waals surface area contributed by atoms with Crippen LogP contribution in [0.1, 0.15) is 24.0 Å². The van der Waals surface area contributed by atoms with Crippen LogP contribution < -0.4 is 10.1 Å². The molecule has 1 N–H and O–H groups in total. The molecule has 1 aromatic carbocycles. The first-order valence-corrected chi connectivity index (χ1v) is 7.07. The summed E-state index contributed by atoms with van der Waals surface area (Å²) in [5.74, 6) is 1.85. The summed E-state index contributed by atoms with van der Waals surface area (Å²) in [4.78, 5) is 9.12. The van der Waals surface area contributed by atoms with Gasteiger partial charge in [0.2, 0.25) is 0 Å². The van der Waals surface area contributed by atoms with Crippen molar-refractivity contribution in [2.75, 3.05) is 13.2 Å². The first kappa shape index (κ1) is 13.1. The van der Waals surface area contributed by atoms with E-state index >= 15 is 0 Å². The van der Waals surface area contributed by atoms with Gasteiger partial charge in [0.05, 0.1) is 18.8 Å². The molecule has 104 valence electrons. The van der Waals surface area contributed by atoms with E-state index in [1.807, 2.05) is 19.1 Å².